The van der Waals surface area contributed by atoms with E-state index in [4.69, 9.17) is 14.6 Å². The number of rotatable bonds is 6. The lowest BCUT2D eigenvalue weighted by atomic mass is 9.89. The molecule has 18 heavy (non-hydrogen) atoms. The minimum Gasteiger partial charge on any atom is -0.394 e. The maximum Gasteiger partial charge on any atom is 0.0701 e. The summed E-state index contributed by atoms with van der Waals surface area (Å²) in [7, 11) is 0. The van der Waals surface area contributed by atoms with Crippen molar-refractivity contribution in [2.45, 2.75) is 70.0 Å². The number of hydrogen-bond acceptors (Lipinski definition) is 3. The fraction of sp³-hybridized carbons (Fsp3) is 1.00. The van der Waals surface area contributed by atoms with E-state index in [2.05, 4.69) is 0 Å². The van der Waals surface area contributed by atoms with Crippen molar-refractivity contribution in [1.29, 1.82) is 0 Å². The van der Waals surface area contributed by atoms with Crippen LogP contribution in [0.5, 0.6) is 0 Å². The second-order valence-corrected chi connectivity index (χ2v) is 5.83. The van der Waals surface area contributed by atoms with E-state index in [1.54, 1.807) is 0 Å². The normalized spacial score (nSPS) is 30.5. The Hall–Kier alpha value is -0.120. The average molecular weight is 256 g/mol. The Labute approximate surface area is 111 Å². The summed E-state index contributed by atoms with van der Waals surface area (Å²) in [6, 6.07) is 0. The van der Waals surface area contributed by atoms with Crippen LogP contribution in [0.4, 0.5) is 0 Å². The van der Waals surface area contributed by atoms with Crippen LogP contribution in [-0.2, 0) is 9.47 Å². The van der Waals surface area contributed by atoms with Crippen molar-refractivity contribution in [1.82, 2.24) is 0 Å². The van der Waals surface area contributed by atoms with Gasteiger partial charge in [-0.05, 0) is 44.4 Å². The van der Waals surface area contributed by atoms with Crippen molar-refractivity contribution in [3.8, 4) is 0 Å². The summed E-state index contributed by atoms with van der Waals surface area (Å²) in [6.45, 7) is 1.60. The molecule has 2 aliphatic rings. The molecule has 3 nitrogen and oxygen atoms in total. The first kappa shape index (κ1) is 14.3. The molecular formula is C15H28O3. The van der Waals surface area contributed by atoms with Crippen LogP contribution in [-0.4, -0.2) is 37.1 Å². The van der Waals surface area contributed by atoms with E-state index in [-0.39, 0.29) is 6.61 Å². The lowest BCUT2D eigenvalue weighted by Crippen LogP contribution is -2.29. The second kappa shape index (κ2) is 8.13. The number of hydrogen-bond donors (Lipinski definition) is 1. The third-order valence-electron chi connectivity index (χ3n) is 4.36. The van der Waals surface area contributed by atoms with Gasteiger partial charge in [-0.3, -0.25) is 0 Å². The quantitative estimate of drug-likeness (QED) is 0.794. The van der Waals surface area contributed by atoms with Crippen LogP contribution in [0.25, 0.3) is 0 Å². The van der Waals surface area contributed by atoms with Crippen molar-refractivity contribution in [3.05, 3.63) is 0 Å². The number of aliphatic hydroxyl groups is 1. The molecule has 106 valence electrons. The molecule has 0 aromatic heterocycles. The Morgan fingerprint density at radius 3 is 2.00 bits per heavy atom. The monoisotopic (exact) mass is 256 g/mol. The Balaban J connectivity index is 1.55. The fourth-order valence-electron chi connectivity index (χ4n) is 3.21. The van der Waals surface area contributed by atoms with Gasteiger partial charge in [-0.25, -0.2) is 0 Å². The molecule has 0 radical (unpaired) electrons. The van der Waals surface area contributed by atoms with Gasteiger partial charge in [0.15, 0.2) is 0 Å². The van der Waals surface area contributed by atoms with E-state index < -0.39 is 0 Å². The Bertz CT molecular complexity index is 206. The van der Waals surface area contributed by atoms with Crippen LogP contribution in [0, 0.1) is 5.92 Å². The van der Waals surface area contributed by atoms with Gasteiger partial charge in [0.05, 0.1) is 25.4 Å². The van der Waals surface area contributed by atoms with Crippen molar-refractivity contribution >= 4 is 0 Å². The van der Waals surface area contributed by atoms with Gasteiger partial charge in [0.1, 0.15) is 0 Å². The molecule has 2 rings (SSSR count). The highest BCUT2D eigenvalue weighted by molar-refractivity contribution is 4.74. The molecule has 0 saturated heterocycles. The number of aliphatic hydroxyl groups excluding tert-OH is 1. The summed E-state index contributed by atoms with van der Waals surface area (Å²) in [5.74, 6) is 0.821. The summed E-state index contributed by atoms with van der Waals surface area (Å²) in [5.41, 5.74) is 0. The molecular weight excluding hydrogens is 228 g/mol. The van der Waals surface area contributed by atoms with Gasteiger partial charge in [0.2, 0.25) is 0 Å². The zero-order chi connectivity index (χ0) is 12.6. The van der Waals surface area contributed by atoms with E-state index in [1.807, 2.05) is 0 Å². The molecule has 0 spiro atoms. The lowest BCUT2D eigenvalue weighted by molar-refractivity contribution is -0.0479. The van der Waals surface area contributed by atoms with E-state index in [0.717, 1.165) is 38.2 Å². The van der Waals surface area contributed by atoms with Gasteiger partial charge in [0.25, 0.3) is 0 Å². The van der Waals surface area contributed by atoms with E-state index in [1.165, 1.54) is 32.1 Å². The SMILES string of the molecule is OCCOC1CCC(OCC2CCCCC2)CC1. The predicted octanol–water partition coefficient (Wildman–Crippen LogP) is 2.90. The van der Waals surface area contributed by atoms with Crippen molar-refractivity contribution in [3.63, 3.8) is 0 Å². The van der Waals surface area contributed by atoms with Crippen molar-refractivity contribution in [2.24, 2.45) is 5.92 Å². The molecule has 2 saturated carbocycles. The van der Waals surface area contributed by atoms with Gasteiger partial charge in [0, 0.05) is 6.61 Å². The smallest absolute Gasteiger partial charge is 0.0701 e. The molecule has 0 aromatic carbocycles. The predicted molar refractivity (Wildman–Crippen MR) is 71.6 cm³/mol. The maximum atomic E-state index is 8.73. The zero-order valence-electron chi connectivity index (χ0n) is 11.5. The fourth-order valence-corrected chi connectivity index (χ4v) is 3.21. The molecule has 0 amide bonds. The third-order valence-corrected chi connectivity index (χ3v) is 4.36. The summed E-state index contributed by atoms with van der Waals surface area (Å²) in [4.78, 5) is 0. The molecule has 0 atom stereocenters. The summed E-state index contributed by atoms with van der Waals surface area (Å²) in [5, 5.41) is 8.73. The molecule has 1 N–H and O–H groups in total. The highest BCUT2D eigenvalue weighted by atomic mass is 16.5. The second-order valence-electron chi connectivity index (χ2n) is 5.83. The average Bonchev–Trinajstić information content (AvgIpc) is 2.45. The first-order valence-corrected chi connectivity index (χ1v) is 7.72. The largest absolute Gasteiger partial charge is 0.394 e. The molecule has 0 bridgehead atoms. The van der Waals surface area contributed by atoms with Gasteiger partial charge < -0.3 is 14.6 Å². The molecule has 3 heteroatoms. The first-order chi connectivity index (χ1) is 8.88. The third kappa shape index (κ3) is 4.87. The molecule has 0 aliphatic heterocycles. The number of ether oxygens (including phenoxy) is 2. The summed E-state index contributed by atoms with van der Waals surface area (Å²) >= 11 is 0. The maximum absolute atomic E-state index is 8.73. The Morgan fingerprint density at radius 1 is 0.778 bits per heavy atom. The van der Waals surface area contributed by atoms with Crippen LogP contribution in [0.15, 0.2) is 0 Å². The molecule has 0 aromatic rings. The zero-order valence-corrected chi connectivity index (χ0v) is 11.5. The molecule has 0 heterocycles. The van der Waals surface area contributed by atoms with E-state index in [9.17, 15) is 0 Å². The first-order valence-electron chi connectivity index (χ1n) is 7.72. The molecule has 2 fully saturated rings. The van der Waals surface area contributed by atoms with Gasteiger partial charge in [-0.1, -0.05) is 19.3 Å². The summed E-state index contributed by atoms with van der Waals surface area (Å²) < 4.78 is 11.6. The highest BCUT2D eigenvalue weighted by Crippen LogP contribution is 2.27. The van der Waals surface area contributed by atoms with Gasteiger partial charge in [-0.2, -0.15) is 0 Å². The van der Waals surface area contributed by atoms with Crippen LogP contribution in [0.1, 0.15) is 57.8 Å². The standard InChI is InChI=1S/C15H28O3/c16-10-11-17-14-6-8-15(9-7-14)18-12-13-4-2-1-3-5-13/h13-16H,1-12H2. The van der Waals surface area contributed by atoms with Crippen LogP contribution < -0.4 is 0 Å². The van der Waals surface area contributed by atoms with Crippen LogP contribution in [0.3, 0.4) is 0 Å². The summed E-state index contributed by atoms with van der Waals surface area (Å²) in [6.07, 6.45) is 12.2. The van der Waals surface area contributed by atoms with Gasteiger partial charge in [-0.15, -0.1) is 0 Å². The Kier molecular flexibility index (Phi) is 6.46. The van der Waals surface area contributed by atoms with Crippen molar-refractivity contribution < 1.29 is 14.6 Å². The van der Waals surface area contributed by atoms with Crippen LogP contribution in [0.2, 0.25) is 0 Å². The molecule has 0 unspecified atom stereocenters. The molecule has 2 aliphatic carbocycles. The minimum atomic E-state index is 0.137. The van der Waals surface area contributed by atoms with Crippen LogP contribution >= 0.6 is 0 Å². The topological polar surface area (TPSA) is 38.7 Å². The van der Waals surface area contributed by atoms with E-state index >= 15 is 0 Å². The lowest BCUT2D eigenvalue weighted by Gasteiger charge is -2.30. The van der Waals surface area contributed by atoms with Crippen molar-refractivity contribution in [2.75, 3.05) is 19.8 Å². The van der Waals surface area contributed by atoms with Gasteiger partial charge >= 0.3 is 0 Å². The highest BCUT2D eigenvalue weighted by Gasteiger charge is 2.23. The van der Waals surface area contributed by atoms with E-state index in [0.29, 0.717) is 18.8 Å². The Morgan fingerprint density at radius 2 is 1.39 bits per heavy atom. The minimum absolute atomic E-state index is 0.137.